The molecular formula is C25H47N3O4. The summed E-state index contributed by atoms with van der Waals surface area (Å²) < 4.78 is 0. The summed E-state index contributed by atoms with van der Waals surface area (Å²) in [7, 11) is 0. The fourth-order valence-electron chi connectivity index (χ4n) is 4.23. The van der Waals surface area contributed by atoms with Gasteiger partial charge in [-0.1, -0.05) is 65.7 Å². The lowest BCUT2D eigenvalue weighted by Gasteiger charge is -2.29. The van der Waals surface area contributed by atoms with Gasteiger partial charge in [-0.25, -0.2) is 0 Å². The van der Waals surface area contributed by atoms with Gasteiger partial charge in [0.05, 0.1) is 12.1 Å². The first-order valence-electron chi connectivity index (χ1n) is 12.8. The Morgan fingerprint density at radius 1 is 1.09 bits per heavy atom. The van der Waals surface area contributed by atoms with E-state index in [9.17, 15) is 19.5 Å². The van der Waals surface area contributed by atoms with Gasteiger partial charge in [-0.05, 0) is 38.5 Å². The van der Waals surface area contributed by atoms with E-state index in [1.165, 1.54) is 12.8 Å². The zero-order valence-corrected chi connectivity index (χ0v) is 20.8. The zero-order valence-electron chi connectivity index (χ0n) is 20.8. The topological polar surface area (TPSA) is 108 Å². The number of hydrogen-bond acceptors (Lipinski definition) is 4. The van der Waals surface area contributed by atoms with E-state index in [0.29, 0.717) is 25.3 Å². The van der Waals surface area contributed by atoms with Gasteiger partial charge in [0.15, 0.2) is 0 Å². The van der Waals surface area contributed by atoms with Crippen LogP contribution in [-0.2, 0) is 14.4 Å². The first-order chi connectivity index (χ1) is 15.2. The monoisotopic (exact) mass is 453 g/mol. The van der Waals surface area contributed by atoms with Crippen molar-refractivity contribution in [1.29, 1.82) is 0 Å². The highest BCUT2D eigenvalue weighted by Gasteiger charge is 2.28. The summed E-state index contributed by atoms with van der Waals surface area (Å²) in [4.78, 5) is 37.2. The molecule has 0 bridgehead atoms. The van der Waals surface area contributed by atoms with E-state index < -0.39 is 18.2 Å². The molecule has 0 aromatic heterocycles. The molecule has 1 aliphatic rings. The maximum Gasteiger partial charge on any atom is 0.242 e. The number of nitrogens with one attached hydrogen (secondary N) is 3. The minimum Gasteiger partial charge on any atom is -0.391 e. The molecule has 1 aliphatic heterocycles. The highest BCUT2D eigenvalue weighted by Crippen LogP contribution is 2.21. The van der Waals surface area contributed by atoms with E-state index in [1.54, 1.807) is 6.92 Å². The largest absolute Gasteiger partial charge is 0.391 e. The van der Waals surface area contributed by atoms with Crippen molar-refractivity contribution < 1.29 is 19.5 Å². The van der Waals surface area contributed by atoms with Crippen LogP contribution in [0.4, 0.5) is 0 Å². The summed E-state index contributed by atoms with van der Waals surface area (Å²) >= 11 is 0. The average molecular weight is 454 g/mol. The molecule has 0 aromatic carbocycles. The highest BCUT2D eigenvalue weighted by atomic mass is 16.3. The van der Waals surface area contributed by atoms with Gasteiger partial charge < -0.3 is 21.1 Å². The molecule has 1 heterocycles. The van der Waals surface area contributed by atoms with Gasteiger partial charge in [0.1, 0.15) is 6.04 Å². The second kappa shape index (κ2) is 16.1. The Morgan fingerprint density at radius 2 is 1.75 bits per heavy atom. The lowest BCUT2D eigenvalue weighted by molar-refractivity contribution is -0.130. The molecule has 5 atom stereocenters. The van der Waals surface area contributed by atoms with Crippen molar-refractivity contribution in [3.63, 3.8) is 0 Å². The fourth-order valence-corrected chi connectivity index (χ4v) is 4.23. The van der Waals surface area contributed by atoms with Crippen LogP contribution in [0.25, 0.3) is 0 Å². The SMILES string of the molecule is CCCCNC(=O)[C@H](C)C[C@H](O)[C@@H]1C[C@@H](C)CCCCCCCCC(=O)N[C@@H](C)C(=O)N1. The van der Waals surface area contributed by atoms with Crippen LogP contribution in [0.1, 0.15) is 105 Å². The molecule has 1 fully saturated rings. The first-order valence-corrected chi connectivity index (χ1v) is 12.8. The molecule has 0 spiro atoms. The van der Waals surface area contributed by atoms with E-state index in [0.717, 1.165) is 44.9 Å². The Balaban J connectivity index is 2.79. The van der Waals surface area contributed by atoms with Gasteiger partial charge in [0.25, 0.3) is 0 Å². The van der Waals surface area contributed by atoms with Crippen LogP contribution in [0.15, 0.2) is 0 Å². The molecule has 0 radical (unpaired) electrons. The second-order valence-electron chi connectivity index (χ2n) is 9.75. The average Bonchev–Trinajstić information content (AvgIpc) is 2.74. The molecule has 0 aromatic rings. The molecule has 4 N–H and O–H groups in total. The highest BCUT2D eigenvalue weighted by molar-refractivity contribution is 5.87. The van der Waals surface area contributed by atoms with E-state index in [-0.39, 0.29) is 30.1 Å². The molecule has 7 nitrogen and oxygen atoms in total. The van der Waals surface area contributed by atoms with Crippen LogP contribution in [0.5, 0.6) is 0 Å². The maximum atomic E-state index is 12.8. The number of carbonyl (C=O) groups is 3. The summed E-state index contributed by atoms with van der Waals surface area (Å²) in [5, 5.41) is 19.6. The fraction of sp³-hybridized carbons (Fsp3) is 0.880. The normalized spacial score (nSPS) is 26.5. The number of hydrogen-bond donors (Lipinski definition) is 4. The molecule has 0 saturated carbocycles. The number of carbonyl (C=O) groups excluding carboxylic acids is 3. The molecule has 0 aliphatic carbocycles. The maximum absolute atomic E-state index is 12.8. The smallest absolute Gasteiger partial charge is 0.242 e. The minimum atomic E-state index is -0.824. The van der Waals surface area contributed by atoms with E-state index >= 15 is 0 Å². The standard InChI is InChI=1S/C25H47N3O4/c1-5-6-15-26-24(31)19(3)17-22(29)21-16-18(2)13-11-9-7-8-10-12-14-23(30)27-20(4)25(32)28-21/h18-22,29H,5-17H2,1-4H3,(H,26,31)(H,27,30)(H,28,32)/t18-,19+,20-,21-,22-/m0/s1. The summed E-state index contributed by atoms with van der Waals surface area (Å²) in [5.74, 6) is -0.456. The minimum absolute atomic E-state index is 0.0642. The summed E-state index contributed by atoms with van der Waals surface area (Å²) in [6.07, 6.45) is 10.0. The molecular weight excluding hydrogens is 406 g/mol. The van der Waals surface area contributed by atoms with Gasteiger partial charge in [0.2, 0.25) is 17.7 Å². The van der Waals surface area contributed by atoms with Crippen LogP contribution in [0, 0.1) is 11.8 Å². The predicted octanol–water partition coefficient (Wildman–Crippen LogP) is 3.44. The Hall–Kier alpha value is -1.63. The summed E-state index contributed by atoms with van der Waals surface area (Å²) in [6.45, 7) is 8.36. The van der Waals surface area contributed by atoms with Crippen molar-refractivity contribution in [1.82, 2.24) is 16.0 Å². The van der Waals surface area contributed by atoms with E-state index in [4.69, 9.17) is 0 Å². The Labute approximate surface area is 194 Å². The van der Waals surface area contributed by atoms with Gasteiger partial charge >= 0.3 is 0 Å². The van der Waals surface area contributed by atoms with E-state index in [1.807, 2.05) is 6.92 Å². The van der Waals surface area contributed by atoms with Crippen LogP contribution in [0.2, 0.25) is 0 Å². The van der Waals surface area contributed by atoms with Crippen LogP contribution >= 0.6 is 0 Å². The van der Waals surface area contributed by atoms with Crippen molar-refractivity contribution in [3.8, 4) is 0 Å². The van der Waals surface area contributed by atoms with Gasteiger partial charge in [-0.15, -0.1) is 0 Å². The number of aliphatic hydroxyl groups excluding tert-OH is 1. The number of aliphatic hydroxyl groups is 1. The van der Waals surface area contributed by atoms with Gasteiger partial charge in [-0.2, -0.15) is 0 Å². The number of amides is 3. The molecule has 3 amide bonds. The first kappa shape index (κ1) is 28.4. The van der Waals surface area contributed by atoms with Crippen molar-refractivity contribution >= 4 is 17.7 Å². The van der Waals surface area contributed by atoms with Crippen molar-refractivity contribution in [2.24, 2.45) is 11.8 Å². The molecule has 7 heteroatoms. The third-order valence-electron chi connectivity index (χ3n) is 6.44. The third kappa shape index (κ3) is 11.8. The number of rotatable bonds is 7. The Kier molecular flexibility index (Phi) is 14.3. The zero-order chi connectivity index (χ0) is 23.9. The van der Waals surface area contributed by atoms with Crippen LogP contribution in [-0.4, -0.2) is 47.6 Å². The number of unbranched alkanes of at least 4 members (excludes halogenated alkanes) is 1. The van der Waals surface area contributed by atoms with E-state index in [2.05, 4.69) is 29.8 Å². The predicted molar refractivity (Wildman–Crippen MR) is 128 cm³/mol. The van der Waals surface area contributed by atoms with Gasteiger partial charge in [-0.3, -0.25) is 14.4 Å². The van der Waals surface area contributed by atoms with Crippen molar-refractivity contribution in [2.75, 3.05) is 6.54 Å². The Bertz CT molecular complexity index is 569. The molecule has 1 saturated heterocycles. The molecule has 32 heavy (non-hydrogen) atoms. The third-order valence-corrected chi connectivity index (χ3v) is 6.44. The van der Waals surface area contributed by atoms with Crippen LogP contribution < -0.4 is 16.0 Å². The molecule has 186 valence electrons. The lowest BCUT2D eigenvalue weighted by Crippen LogP contribution is -2.52. The lowest BCUT2D eigenvalue weighted by atomic mass is 9.89. The van der Waals surface area contributed by atoms with Gasteiger partial charge in [0, 0.05) is 18.9 Å². The van der Waals surface area contributed by atoms with Crippen LogP contribution in [0.3, 0.4) is 0 Å². The molecule has 0 unspecified atom stereocenters. The Morgan fingerprint density at radius 3 is 2.44 bits per heavy atom. The summed E-state index contributed by atoms with van der Waals surface area (Å²) in [6, 6.07) is -1.11. The second-order valence-corrected chi connectivity index (χ2v) is 9.75. The molecule has 1 rings (SSSR count). The summed E-state index contributed by atoms with van der Waals surface area (Å²) in [5.41, 5.74) is 0. The quantitative estimate of drug-likeness (QED) is 0.443. The van der Waals surface area contributed by atoms with Crippen molar-refractivity contribution in [2.45, 2.75) is 123 Å². The van der Waals surface area contributed by atoms with Crippen molar-refractivity contribution in [3.05, 3.63) is 0 Å².